The number of benzene rings is 1. The Morgan fingerprint density at radius 2 is 2.04 bits per heavy atom. The molecular weight excluding hydrogens is 389 g/mol. The lowest BCUT2D eigenvalue weighted by atomic mass is 10.1. The molecule has 0 atom stereocenters. The van der Waals surface area contributed by atoms with Crippen LogP contribution in [0.5, 0.6) is 0 Å². The van der Waals surface area contributed by atoms with E-state index in [0.717, 1.165) is 6.07 Å². The van der Waals surface area contributed by atoms with E-state index in [9.17, 15) is 28.1 Å². The van der Waals surface area contributed by atoms with Gasteiger partial charge in [-0.15, -0.1) is 0 Å². The maximum Gasteiger partial charge on any atom is 0.417 e. The molecule has 1 amide bonds. The number of rotatable bonds is 6. The number of nitrogens with zero attached hydrogens (tertiary/aromatic N) is 2. The third-order valence-corrected chi connectivity index (χ3v) is 3.82. The van der Waals surface area contributed by atoms with Gasteiger partial charge in [0.1, 0.15) is 11.4 Å². The summed E-state index contributed by atoms with van der Waals surface area (Å²) in [7, 11) is 0. The molecule has 0 aliphatic carbocycles. The van der Waals surface area contributed by atoms with Crippen molar-refractivity contribution in [2.45, 2.75) is 13.1 Å². The van der Waals surface area contributed by atoms with Crippen LogP contribution in [0.1, 0.15) is 21.5 Å². The van der Waals surface area contributed by atoms with E-state index < -0.39 is 22.6 Å². The highest BCUT2D eigenvalue weighted by atomic mass is 35.5. The van der Waals surface area contributed by atoms with Crippen LogP contribution in [0, 0.1) is 17.0 Å². The standard InChI is InChI=1S/C16H14ClF3N4O3/c1-9-3-2-4-11(13(9)24(26)27)15(25)22-6-5-21-14-12(17)7-10(8-23-14)16(18,19)20/h2-4,7-8H,5-6H2,1H3,(H,21,23)(H,22,25). The zero-order valence-electron chi connectivity index (χ0n) is 13.9. The van der Waals surface area contributed by atoms with Crippen LogP contribution in [0.3, 0.4) is 0 Å². The first-order chi connectivity index (χ1) is 12.6. The lowest BCUT2D eigenvalue weighted by Gasteiger charge is -2.11. The maximum atomic E-state index is 12.6. The number of pyridine rings is 1. The van der Waals surface area contributed by atoms with Crippen LogP contribution >= 0.6 is 11.6 Å². The molecule has 2 N–H and O–H groups in total. The van der Waals surface area contributed by atoms with E-state index in [1.165, 1.54) is 25.1 Å². The Labute approximate surface area is 156 Å². The van der Waals surface area contributed by atoms with E-state index in [-0.39, 0.29) is 35.2 Å². The fraction of sp³-hybridized carbons (Fsp3) is 0.250. The van der Waals surface area contributed by atoms with Crippen LogP contribution in [-0.4, -0.2) is 28.9 Å². The van der Waals surface area contributed by atoms with Gasteiger partial charge in [-0.1, -0.05) is 23.7 Å². The number of carbonyl (C=O) groups excluding carboxylic acids is 1. The fourth-order valence-corrected chi connectivity index (χ4v) is 2.49. The monoisotopic (exact) mass is 402 g/mol. The van der Waals surface area contributed by atoms with Gasteiger partial charge in [-0.2, -0.15) is 13.2 Å². The first kappa shape index (κ1) is 20.4. The zero-order valence-corrected chi connectivity index (χ0v) is 14.7. The molecule has 11 heteroatoms. The van der Waals surface area contributed by atoms with Crippen molar-refractivity contribution in [3.05, 3.63) is 62.3 Å². The fourth-order valence-electron chi connectivity index (χ4n) is 2.26. The number of hydrogen-bond donors (Lipinski definition) is 2. The smallest absolute Gasteiger partial charge is 0.367 e. The Bertz CT molecular complexity index is 874. The summed E-state index contributed by atoms with van der Waals surface area (Å²) in [6.45, 7) is 1.67. The van der Waals surface area contributed by atoms with Gasteiger partial charge >= 0.3 is 6.18 Å². The molecule has 0 fully saturated rings. The van der Waals surface area contributed by atoms with Gasteiger partial charge in [-0.05, 0) is 19.1 Å². The van der Waals surface area contributed by atoms with Gasteiger partial charge in [0.05, 0.1) is 15.5 Å². The molecule has 0 saturated heterocycles. The van der Waals surface area contributed by atoms with Gasteiger partial charge in [0.15, 0.2) is 0 Å². The SMILES string of the molecule is Cc1cccc(C(=O)NCCNc2ncc(C(F)(F)F)cc2Cl)c1[N+](=O)[O-]. The van der Waals surface area contributed by atoms with Crippen LogP contribution in [0.4, 0.5) is 24.7 Å². The number of hydrogen-bond acceptors (Lipinski definition) is 5. The molecule has 0 bridgehead atoms. The first-order valence-electron chi connectivity index (χ1n) is 7.60. The summed E-state index contributed by atoms with van der Waals surface area (Å²) >= 11 is 5.76. The van der Waals surface area contributed by atoms with Crippen LogP contribution in [0.25, 0.3) is 0 Å². The summed E-state index contributed by atoms with van der Waals surface area (Å²) in [5, 5.41) is 16.1. The zero-order chi connectivity index (χ0) is 20.2. The molecule has 0 unspecified atom stereocenters. The van der Waals surface area contributed by atoms with Gasteiger partial charge in [0.25, 0.3) is 11.6 Å². The highest BCUT2D eigenvalue weighted by molar-refractivity contribution is 6.32. The highest BCUT2D eigenvalue weighted by Crippen LogP contribution is 2.32. The number of aryl methyl sites for hydroxylation is 1. The summed E-state index contributed by atoms with van der Waals surface area (Å²) in [4.78, 5) is 26.2. The molecule has 144 valence electrons. The molecule has 1 aromatic carbocycles. The normalized spacial score (nSPS) is 11.1. The van der Waals surface area contributed by atoms with Crippen molar-refractivity contribution in [2.75, 3.05) is 18.4 Å². The van der Waals surface area contributed by atoms with E-state index in [1.54, 1.807) is 0 Å². The van der Waals surface area contributed by atoms with E-state index in [4.69, 9.17) is 11.6 Å². The van der Waals surface area contributed by atoms with E-state index in [2.05, 4.69) is 15.6 Å². The largest absolute Gasteiger partial charge is 0.417 e. The van der Waals surface area contributed by atoms with Crippen molar-refractivity contribution in [3.63, 3.8) is 0 Å². The van der Waals surface area contributed by atoms with E-state index in [1.807, 2.05) is 0 Å². The molecule has 0 saturated carbocycles. The van der Waals surface area contributed by atoms with E-state index in [0.29, 0.717) is 11.8 Å². The van der Waals surface area contributed by atoms with Crippen molar-refractivity contribution in [1.82, 2.24) is 10.3 Å². The summed E-state index contributed by atoms with van der Waals surface area (Å²) in [6, 6.07) is 5.13. The van der Waals surface area contributed by atoms with Crippen molar-refractivity contribution in [1.29, 1.82) is 0 Å². The van der Waals surface area contributed by atoms with Crippen LogP contribution < -0.4 is 10.6 Å². The minimum Gasteiger partial charge on any atom is -0.367 e. The van der Waals surface area contributed by atoms with Gasteiger partial charge in [-0.25, -0.2) is 4.98 Å². The third kappa shape index (κ3) is 5.07. The average Bonchev–Trinajstić information content (AvgIpc) is 2.58. The number of aromatic nitrogens is 1. The van der Waals surface area contributed by atoms with Gasteiger partial charge in [-0.3, -0.25) is 14.9 Å². The number of nitro benzene ring substituents is 1. The Kier molecular flexibility index (Phi) is 6.21. The minimum atomic E-state index is -4.55. The predicted molar refractivity (Wildman–Crippen MR) is 92.9 cm³/mol. The first-order valence-corrected chi connectivity index (χ1v) is 7.98. The number of nitrogens with one attached hydrogen (secondary N) is 2. The molecule has 7 nitrogen and oxygen atoms in total. The number of anilines is 1. The number of para-hydroxylation sites is 1. The van der Waals surface area contributed by atoms with Crippen molar-refractivity contribution >= 4 is 29.0 Å². The number of carbonyl (C=O) groups is 1. The molecule has 1 aromatic heterocycles. The van der Waals surface area contributed by atoms with Crippen LogP contribution in [-0.2, 0) is 6.18 Å². The van der Waals surface area contributed by atoms with Crippen molar-refractivity contribution < 1.29 is 22.9 Å². The summed E-state index contributed by atoms with van der Waals surface area (Å²) < 4.78 is 37.7. The minimum absolute atomic E-state index is 0.0282. The van der Waals surface area contributed by atoms with Crippen molar-refractivity contribution in [3.8, 4) is 0 Å². The van der Waals surface area contributed by atoms with Crippen LogP contribution in [0.2, 0.25) is 5.02 Å². The molecule has 0 spiro atoms. The molecule has 2 rings (SSSR count). The summed E-state index contributed by atoms with van der Waals surface area (Å²) in [6.07, 6.45) is -3.91. The maximum absolute atomic E-state index is 12.6. The Hall–Kier alpha value is -2.88. The molecule has 27 heavy (non-hydrogen) atoms. The molecule has 0 radical (unpaired) electrons. The Morgan fingerprint density at radius 1 is 1.33 bits per heavy atom. The third-order valence-electron chi connectivity index (χ3n) is 3.54. The molecule has 0 aliphatic heterocycles. The molecule has 1 heterocycles. The Morgan fingerprint density at radius 3 is 2.63 bits per heavy atom. The second kappa shape index (κ2) is 8.21. The predicted octanol–water partition coefficient (Wildman–Crippen LogP) is 3.81. The number of halogens is 4. The Balaban J connectivity index is 1.95. The summed E-state index contributed by atoms with van der Waals surface area (Å²) in [5.41, 5.74) is -0.981. The van der Waals surface area contributed by atoms with Crippen LogP contribution in [0.15, 0.2) is 30.5 Å². The second-order valence-corrected chi connectivity index (χ2v) is 5.87. The number of nitro groups is 1. The molecule has 0 aliphatic rings. The summed E-state index contributed by atoms with van der Waals surface area (Å²) in [5.74, 6) is -0.612. The van der Waals surface area contributed by atoms with Crippen molar-refractivity contribution in [2.24, 2.45) is 0 Å². The molecular formula is C16H14ClF3N4O3. The van der Waals surface area contributed by atoms with Gasteiger partial charge < -0.3 is 10.6 Å². The average molecular weight is 403 g/mol. The molecule has 2 aromatic rings. The number of amides is 1. The van der Waals surface area contributed by atoms with E-state index >= 15 is 0 Å². The van der Waals surface area contributed by atoms with Gasteiger partial charge in [0, 0.05) is 24.8 Å². The lowest BCUT2D eigenvalue weighted by molar-refractivity contribution is -0.385. The quantitative estimate of drug-likeness (QED) is 0.435. The lowest BCUT2D eigenvalue weighted by Crippen LogP contribution is -2.29. The number of alkyl halides is 3. The topological polar surface area (TPSA) is 97.2 Å². The van der Waals surface area contributed by atoms with Gasteiger partial charge in [0.2, 0.25) is 0 Å². The highest BCUT2D eigenvalue weighted by Gasteiger charge is 2.31. The second-order valence-electron chi connectivity index (χ2n) is 5.46.